The summed E-state index contributed by atoms with van der Waals surface area (Å²) in [7, 11) is 1.95. The van der Waals surface area contributed by atoms with Gasteiger partial charge in [-0.3, -0.25) is 4.79 Å². The predicted octanol–water partition coefficient (Wildman–Crippen LogP) is 2.02. The van der Waals surface area contributed by atoms with Crippen LogP contribution in [0.15, 0.2) is 0 Å². The van der Waals surface area contributed by atoms with Crippen LogP contribution in [0.25, 0.3) is 0 Å². The van der Waals surface area contributed by atoms with Crippen LogP contribution in [0.1, 0.15) is 46.0 Å². The summed E-state index contributed by atoms with van der Waals surface area (Å²) in [5, 5.41) is 3.35. The quantitative estimate of drug-likeness (QED) is 0.751. The highest BCUT2D eigenvalue weighted by Crippen LogP contribution is 2.16. The number of carbonyl (C=O) groups excluding carboxylic acids is 1. The summed E-state index contributed by atoms with van der Waals surface area (Å²) in [4.78, 5) is 13.9. The molecule has 1 atom stereocenters. The third-order valence-corrected chi connectivity index (χ3v) is 3.81. The predicted molar refractivity (Wildman–Crippen MR) is 67.4 cm³/mol. The largest absolute Gasteiger partial charge is 0.343 e. The van der Waals surface area contributed by atoms with E-state index in [1.807, 2.05) is 11.9 Å². The molecule has 0 spiro atoms. The lowest BCUT2D eigenvalue weighted by Crippen LogP contribution is -2.36. The molecule has 1 N–H and O–H groups in total. The molecule has 1 rings (SSSR count). The maximum absolute atomic E-state index is 12.0. The summed E-state index contributed by atoms with van der Waals surface area (Å²) < 4.78 is 0. The summed E-state index contributed by atoms with van der Waals surface area (Å²) in [5.41, 5.74) is 0. The Hall–Kier alpha value is -0.570. The first kappa shape index (κ1) is 13.5. The lowest BCUT2D eigenvalue weighted by atomic mass is 10.0. The number of hydrogen-bond acceptors (Lipinski definition) is 2. The molecule has 0 radical (unpaired) electrons. The molecule has 0 aromatic rings. The fraction of sp³-hybridized carbons (Fsp3) is 0.923. The van der Waals surface area contributed by atoms with Crippen LogP contribution in [0, 0.1) is 5.92 Å². The van der Waals surface area contributed by atoms with Crippen LogP contribution in [0.2, 0.25) is 0 Å². The summed E-state index contributed by atoms with van der Waals surface area (Å²) in [6.07, 6.45) is 5.13. The number of carbonyl (C=O) groups is 1. The number of nitrogens with zero attached hydrogens (tertiary/aromatic N) is 1. The first-order valence-electron chi connectivity index (χ1n) is 6.65. The Balaban J connectivity index is 2.27. The molecule has 3 heteroatoms. The Morgan fingerprint density at radius 2 is 2.12 bits per heavy atom. The van der Waals surface area contributed by atoms with E-state index < -0.39 is 0 Å². The van der Waals surface area contributed by atoms with Gasteiger partial charge >= 0.3 is 0 Å². The van der Waals surface area contributed by atoms with Gasteiger partial charge in [-0.2, -0.15) is 0 Å². The molecule has 3 nitrogen and oxygen atoms in total. The fourth-order valence-corrected chi connectivity index (χ4v) is 2.50. The second kappa shape index (κ2) is 6.89. The molecule has 16 heavy (non-hydrogen) atoms. The van der Waals surface area contributed by atoms with Crippen molar-refractivity contribution in [1.29, 1.82) is 0 Å². The summed E-state index contributed by atoms with van der Waals surface area (Å²) in [5.74, 6) is 1.04. The second-order valence-corrected chi connectivity index (χ2v) is 4.87. The van der Waals surface area contributed by atoms with Crippen molar-refractivity contribution in [3.8, 4) is 0 Å². The third-order valence-electron chi connectivity index (χ3n) is 3.81. The SMILES string of the molecule is CCC(CC)N(C)C(=O)CCC1CCNC1. The Morgan fingerprint density at radius 3 is 2.62 bits per heavy atom. The molecule has 1 fully saturated rings. The molecule has 1 aliphatic heterocycles. The van der Waals surface area contributed by atoms with Crippen LogP contribution in [0.5, 0.6) is 0 Å². The molecular weight excluding hydrogens is 200 g/mol. The molecule has 0 saturated carbocycles. The third kappa shape index (κ3) is 3.78. The molecular formula is C13H26N2O. The average Bonchev–Trinajstić information content (AvgIpc) is 2.80. The van der Waals surface area contributed by atoms with Gasteiger partial charge < -0.3 is 10.2 Å². The molecule has 1 heterocycles. The van der Waals surface area contributed by atoms with Crippen molar-refractivity contribution < 1.29 is 4.79 Å². The van der Waals surface area contributed by atoms with Crippen LogP contribution >= 0.6 is 0 Å². The van der Waals surface area contributed by atoms with Crippen molar-refractivity contribution >= 4 is 5.91 Å². The van der Waals surface area contributed by atoms with Crippen LogP contribution in [-0.4, -0.2) is 37.0 Å². The van der Waals surface area contributed by atoms with Gasteiger partial charge in [0.2, 0.25) is 5.91 Å². The molecule has 0 aromatic heterocycles. The van der Waals surface area contributed by atoms with Crippen molar-refractivity contribution in [3.63, 3.8) is 0 Å². The van der Waals surface area contributed by atoms with E-state index >= 15 is 0 Å². The van der Waals surface area contributed by atoms with Gasteiger partial charge in [0.15, 0.2) is 0 Å². The van der Waals surface area contributed by atoms with Gasteiger partial charge in [0, 0.05) is 19.5 Å². The van der Waals surface area contributed by atoms with Crippen molar-refractivity contribution in [2.24, 2.45) is 5.92 Å². The van der Waals surface area contributed by atoms with Gasteiger partial charge in [-0.05, 0) is 44.7 Å². The number of amides is 1. The second-order valence-electron chi connectivity index (χ2n) is 4.87. The monoisotopic (exact) mass is 226 g/mol. The van der Waals surface area contributed by atoms with Gasteiger partial charge in [-0.25, -0.2) is 0 Å². The molecule has 1 amide bonds. The maximum atomic E-state index is 12.0. The van der Waals surface area contributed by atoms with Crippen molar-refractivity contribution in [3.05, 3.63) is 0 Å². The van der Waals surface area contributed by atoms with Gasteiger partial charge in [-0.15, -0.1) is 0 Å². The Kier molecular flexibility index (Phi) is 5.81. The molecule has 1 unspecified atom stereocenters. The molecule has 0 aromatic carbocycles. The first-order valence-corrected chi connectivity index (χ1v) is 6.65. The van der Waals surface area contributed by atoms with Gasteiger partial charge in [0.1, 0.15) is 0 Å². The molecule has 0 bridgehead atoms. The zero-order valence-corrected chi connectivity index (χ0v) is 11.0. The van der Waals surface area contributed by atoms with Crippen LogP contribution in [0.3, 0.4) is 0 Å². The Bertz CT molecular complexity index is 208. The minimum absolute atomic E-state index is 0.320. The molecule has 0 aliphatic carbocycles. The van der Waals surface area contributed by atoms with Gasteiger partial charge in [0.05, 0.1) is 0 Å². The topological polar surface area (TPSA) is 32.3 Å². The molecule has 1 aliphatic rings. The van der Waals surface area contributed by atoms with Crippen LogP contribution in [0.4, 0.5) is 0 Å². The van der Waals surface area contributed by atoms with Gasteiger partial charge in [0.25, 0.3) is 0 Å². The van der Waals surface area contributed by atoms with Crippen LogP contribution in [-0.2, 0) is 4.79 Å². The minimum atomic E-state index is 0.320. The highest BCUT2D eigenvalue weighted by Gasteiger charge is 2.19. The van der Waals surface area contributed by atoms with Crippen molar-refractivity contribution in [1.82, 2.24) is 10.2 Å². The Morgan fingerprint density at radius 1 is 1.44 bits per heavy atom. The van der Waals surface area contributed by atoms with Gasteiger partial charge in [-0.1, -0.05) is 13.8 Å². The summed E-state index contributed by atoms with van der Waals surface area (Å²) >= 11 is 0. The van der Waals surface area contributed by atoms with E-state index in [0.29, 0.717) is 11.9 Å². The van der Waals surface area contributed by atoms with E-state index in [9.17, 15) is 4.79 Å². The highest BCUT2D eigenvalue weighted by molar-refractivity contribution is 5.76. The zero-order chi connectivity index (χ0) is 12.0. The normalized spacial score (nSPS) is 20.4. The molecule has 94 valence electrons. The molecule has 1 saturated heterocycles. The smallest absolute Gasteiger partial charge is 0.222 e. The van der Waals surface area contributed by atoms with E-state index in [1.54, 1.807) is 0 Å². The summed E-state index contributed by atoms with van der Waals surface area (Å²) in [6, 6.07) is 0.425. The minimum Gasteiger partial charge on any atom is -0.343 e. The highest BCUT2D eigenvalue weighted by atomic mass is 16.2. The average molecular weight is 226 g/mol. The van der Waals surface area contributed by atoms with Crippen molar-refractivity contribution in [2.75, 3.05) is 20.1 Å². The van der Waals surface area contributed by atoms with Crippen molar-refractivity contribution in [2.45, 2.75) is 52.0 Å². The Labute approximate surface area is 99.6 Å². The van der Waals surface area contributed by atoms with E-state index in [-0.39, 0.29) is 0 Å². The standard InChI is InChI=1S/C13H26N2O/c1-4-12(5-2)15(3)13(16)7-6-11-8-9-14-10-11/h11-12,14H,4-10H2,1-3H3. The van der Waals surface area contributed by atoms with E-state index in [2.05, 4.69) is 19.2 Å². The van der Waals surface area contributed by atoms with E-state index in [4.69, 9.17) is 0 Å². The number of nitrogens with one attached hydrogen (secondary N) is 1. The lowest BCUT2D eigenvalue weighted by Gasteiger charge is -2.26. The van der Waals surface area contributed by atoms with E-state index in [0.717, 1.165) is 44.7 Å². The number of rotatable bonds is 6. The van der Waals surface area contributed by atoms with E-state index in [1.165, 1.54) is 6.42 Å². The fourth-order valence-electron chi connectivity index (χ4n) is 2.50. The first-order chi connectivity index (χ1) is 7.69. The maximum Gasteiger partial charge on any atom is 0.222 e. The van der Waals surface area contributed by atoms with Crippen LogP contribution < -0.4 is 5.32 Å². The zero-order valence-electron chi connectivity index (χ0n) is 11.0. The summed E-state index contributed by atoms with van der Waals surface area (Å²) in [6.45, 7) is 6.53. The lowest BCUT2D eigenvalue weighted by molar-refractivity contribution is -0.132. The number of hydrogen-bond donors (Lipinski definition) is 1.